The van der Waals surface area contributed by atoms with Crippen LogP contribution in [0.25, 0.3) is 0 Å². The first-order valence-corrected chi connectivity index (χ1v) is 7.37. The number of hydrogen-bond donors (Lipinski definition) is 1. The molecule has 2 rings (SSSR count). The third-order valence-corrected chi connectivity index (χ3v) is 4.91. The largest absolute Gasteiger partial charge is 0.324 e. The molecule has 3 nitrogen and oxygen atoms in total. The maximum absolute atomic E-state index is 12.4. The van der Waals surface area contributed by atoms with Gasteiger partial charge in [0, 0.05) is 5.41 Å². The van der Waals surface area contributed by atoms with Gasteiger partial charge in [0.05, 0.1) is 16.4 Å². The van der Waals surface area contributed by atoms with Crippen LogP contribution in [0.4, 0.5) is 5.69 Å². The van der Waals surface area contributed by atoms with Crippen LogP contribution in [0.15, 0.2) is 16.7 Å². The van der Waals surface area contributed by atoms with Gasteiger partial charge in [0.1, 0.15) is 5.15 Å². The second-order valence-corrected chi connectivity index (χ2v) is 6.00. The summed E-state index contributed by atoms with van der Waals surface area (Å²) in [5, 5.41) is 3.36. The quantitative estimate of drug-likeness (QED) is 0.834. The molecule has 98 valence electrons. The first-order valence-electron chi connectivity index (χ1n) is 6.20. The zero-order chi connectivity index (χ0) is 13.2. The third kappa shape index (κ3) is 2.69. The Morgan fingerprint density at radius 3 is 2.78 bits per heavy atom. The number of nitrogens with zero attached hydrogens (tertiary/aromatic N) is 1. The van der Waals surface area contributed by atoms with E-state index in [0.717, 1.165) is 32.1 Å². The number of amides is 1. The van der Waals surface area contributed by atoms with Crippen LogP contribution in [0.1, 0.15) is 39.0 Å². The van der Waals surface area contributed by atoms with Gasteiger partial charge in [0.25, 0.3) is 0 Å². The molecule has 5 heteroatoms. The molecule has 1 N–H and O–H groups in total. The van der Waals surface area contributed by atoms with Crippen LogP contribution in [0.2, 0.25) is 5.15 Å². The highest BCUT2D eigenvalue weighted by Gasteiger charge is 2.39. The molecule has 1 fully saturated rings. The van der Waals surface area contributed by atoms with Crippen LogP contribution < -0.4 is 5.32 Å². The van der Waals surface area contributed by atoms with E-state index in [1.807, 2.05) is 0 Å². The van der Waals surface area contributed by atoms with Gasteiger partial charge in [-0.05, 0) is 41.3 Å². The summed E-state index contributed by atoms with van der Waals surface area (Å²) in [7, 11) is 0. The van der Waals surface area contributed by atoms with E-state index in [4.69, 9.17) is 11.6 Å². The number of carbonyl (C=O) groups is 1. The molecule has 1 aliphatic rings. The minimum atomic E-state index is -0.188. The summed E-state index contributed by atoms with van der Waals surface area (Å²) in [5.41, 5.74) is 0.502. The molecule has 0 saturated heterocycles. The number of anilines is 1. The van der Waals surface area contributed by atoms with E-state index in [1.54, 1.807) is 12.3 Å². The van der Waals surface area contributed by atoms with Crippen molar-refractivity contribution in [1.29, 1.82) is 0 Å². The Morgan fingerprint density at radius 2 is 2.22 bits per heavy atom. The van der Waals surface area contributed by atoms with Crippen molar-refractivity contribution in [2.45, 2.75) is 39.0 Å². The van der Waals surface area contributed by atoms with Crippen LogP contribution in [0.5, 0.6) is 0 Å². The molecular weight excluding hydrogens is 316 g/mol. The summed E-state index contributed by atoms with van der Waals surface area (Å²) in [6, 6.07) is 1.78. The highest BCUT2D eigenvalue weighted by Crippen LogP contribution is 2.41. The summed E-state index contributed by atoms with van der Waals surface area (Å²) in [6.45, 7) is 2.08. The van der Waals surface area contributed by atoms with Crippen LogP contribution in [-0.2, 0) is 4.79 Å². The van der Waals surface area contributed by atoms with Crippen molar-refractivity contribution in [2.75, 3.05) is 5.32 Å². The molecule has 0 atom stereocenters. The van der Waals surface area contributed by atoms with Gasteiger partial charge in [-0.1, -0.05) is 31.4 Å². The lowest BCUT2D eigenvalue weighted by Gasteiger charge is -2.25. The Morgan fingerprint density at radius 1 is 1.56 bits per heavy atom. The number of halogens is 2. The van der Waals surface area contributed by atoms with Gasteiger partial charge in [-0.3, -0.25) is 4.79 Å². The summed E-state index contributed by atoms with van der Waals surface area (Å²) in [6.07, 6.45) is 6.73. The van der Waals surface area contributed by atoms with Crippen molar-refractivity contribution < 1.29 is 4.79 Å². The van der Waals surface area contributed by atoms with Crippen LogP contribution >= 0.6 is 27.5 Å². The lowest BCUT2D eigenvalue weighted by Crippen LogP contribution is -2.33. The number of nitrogens with one attached hydrogen (secondary N) is 1. The van der Waals surface area contributed by atoms with Crippen molar-refractivity contribution >= 4 is 39.1 Å². The molecular formula is C13H16BrClN2O. The average Bonchev–Trinajstić information content (AvgIpc) is 2.84. The van der Waals surface area contributed by atoms with Gasteiger partial charge in [0.2, 0.25) is 5.91 Å². The van der Waals surface area contributed by atoms with E-state index >= 15 is 0 Å². The average molecular weight is 332 g/mol. The fraction of sp³-hybridized carbons (Fsp3) is 0.538. The summed E-state index contributed by atoms with van der Waals surface area (Å²) in [4.78, 5) is 16.4. The minimum Gasteiger partial charge on any atom is -0.324 e. The maximum atomic E-state index is 12.4. The normalized spacial score (nSPS) is 17.7. The number of rotatable bonds is 3. The molecule has 0 unspecified atom stereocenters. The highest BCUT2D eigenvalue weighted by atomic mass is 79.9. The van der Waals surface area contributed by atoms with Crippen LogP contribution in [0.3, 0.4) is 0 Å². The van der Waals surface area contributed by atoms with Gasteiger partial charge in [-0.2, -0.15) is 0 Å². The smallest absolute Gasteiger partial charge is 0.230 e. The second kappa shape index (κ2) is 5.57. The zero-order valence-corrected chi connectivity index (χ0v) is 12.6. The van der Waals surface area contributed by atoms with Gasteiger partial charge in [-0.25, -0.2) is 4.98 Å². The Labute approximate surface area is 120 Å². The van der Waals surface area contributed by atoms with Crippen molar-refractivity contribution in [3.05, 3.63) is 21.9 Å². The molecule has 1 saturated carbocycles. The molecule has 0 spiro atoms. The highest BCUT2D eigenvalue weighted by molar-refractivity contribution is 9.10. The molecule has 0 aromatic carbocycles. The van der Waals surface area contributed by atoms with E-state index in [0.29, 0.717) is 15.3 Å². The molecule has 0 radical (unpaired) electrons. The number of hydrogen-bond acceptors (Lipinski definition) is 2. The fourth-order valence-electron chi connectivity index (χ4n) is 2.55. The minimum absolute atomic E-state index is 0.110. The molecule has 1 aromatic rings. The van der Waals surface area contributed by atoms with Crippen molar-refractivity contribution in [2.24, 2.45) is 5.41 Å². The first kappa shape index (κ1) is 13.8. The standard InChI is InChI=1S/C13H16BrClN2O/c1-2-13(5-3-4-6-13)12(18)17-9-7-10(14)11(15)16-8-9/h7-8H,2-6H2,1H3,(H,17,18). The maximum Gasteiger partial charge on any atom is 0.230 e. The lowest BCUT2D eigenvalue weighted by atomic mass is 9.82. The Balaban J connectivity index is 2.13. The first-order chi connectivity index (χ1) is 8.57. The molecule has 1 aliphatic carbocycles. The van der Waals surface area contributed by atoms with E-state index in [-0.39, 0.29) is 11.3 Å². The molecule has 1 heterocycles. The predicted octanol–water partition coefficient (Wildman–Crippen LogP) is 4.41. The number of carbonyl (C=O) groups excluding carboxylic acids is 1. The van der Waals surface area contributed by atoms with E-state index in [1.165, 1.54) is 0 Å². The lowest BCUT2D eigenvalue weighted by molar-refractivity contribution is -0.125. The summed E-state index contributed by atoms with van der Waals surface area (Å²) >= 11 is 9.13. The zero-order valence-electron chi connectivity index (χ0n) is 10.3. The molecule has 1 aromatic heterocycles. The van der Waals surface area contributed by atoms with Crippen LogP contribution in [-0.4, -0.2) is 10.9 Å². The Hall–Kier alpha value is -0.610. The molecule has 0 bridgehead atoms. The van der Waals surface area contributed by atoms with E-state index in [2.05, 4.69) is 33.2 Å². The Bertz CT molecular complexity index is 458. The van der Waals surface area contributed by atoms with E-state index in [9.17, 15) is 4.79 Å². The number of pyridine rings is 1. The van der Waals surface area contributed by atoms with E-state index < -0.39 is 0 Å². The molecule has 18 heavy (non-hydrogen) atoms. The van der Waals surface area contributed by atoms with Gasteiger partial charge < -0.3 is 5.32 Å². The van der Waals surface area contributed by atoms with Crippen molar-refractivity contribution in [3.8, 4) is 0 Å². The van der Waals surface area contributed by atoms with Crippen LogP contribution in [0, 0.1) is 5.41 Å². The molecule has 0 aliphatic heterocycles. The third-order valence-electron chi connectivity index (χ3n) is 3.77. The fourth-order valence-corrected chi connectivity index (χ4v) is 3.00. The SMILES string of the molecule is CCC1(C(=O)Nc2cnc(Cl)c(Br)c2)CCCC1. The molecule has 1 amide bonds. The second-order valence-electron chi connectivity index (χ2n) is 4.79. The monoisotopic (exact) mass is 330 g/mol. The summed E-state index contributed by atoms with van der Waals surface area (Å²) < 4.78 is 0.693. The van der Waals surface area contributed by atoms with Gasteiger partial charge in [0.15, 0.2) is 0 Å². The van der Waals surface area contributed by atoms with Gasteiger partial charge >= 0.3 is 0 Å². The Kier molecular flexibility index (Phi) is 4.28. The number of aromatic nitrogens is 1. The van der Waals surface area contributed by atoms with Gasteiger partial charge in [-0.15, -0.1) is 0 Å². The predicted molar refractivity (Wildman–Crippen MR) is 76.8 cm³/mol. The summed E-state index contributed by atoms with van der Waals surface area (Å²) in [5.74, 6) is 0.110. The van der Waals surface area contributed by atoms with Crippen molar-refractivity contribution in [1.82, 2.24) is 4.98 Å². The topological polar surface area (TPSA) is 42.0 Å². The van der Waals surface area contributed by atoms with Crippen molar-refractivity contribution in [3.63, 3.8) is 0 Å².